The number of amides is 1. The molecule has 0 aliphatic carbocycles. The molecule has 3 aromatic carbocycles. The second kappa shape index (κ2) is 9.26. The molecule has 0 spiro atoms. The van der Waals surface area contributed by atoms with Crippen molar-refractivity contribution in [3.63, 3.8) is 0 Å². The number of carbonyl (C=O) groups excluding carboxylic acids is 1. The number of carbonyl (C=O) groups is 1. The molecule has 0 aliphatic rings. The van der Waals surface area contributed by atoms with Crippen LogP contribution in [0.1, 0.15) is 24.1 Å². The van der Waals surface area contributed by atoms with E-state index in [0.717, 1.165) is 22.0 Å². The van der Waals surface area contributed by atoms with Crippen LogP contribution < -0.4 is 9.62 Å². The van der Waals surface area contributed by atoms with Gasteiger partial charge in [-0.05, 0) is 67.9 Å². The molecule has 0 aliphatic heterocycles. The van der Waals surface area contributed by atoms with Crippen LogP contribution in [0, 0.1) is 18.6 Å². The van der Waals surface area contributed by atoms with Crippen LogP contribution in [0.5, 0.6) is 0 Å². The predicted octanol–water partition coefficient (Wildman–Crippen LogP) is 4.35. The summed E-state index contributed by atoms with van der Waals surface area (Å²) in [5, 5.41) is 2.72. The highest BCUT2D eigenvalue weighted by atomic mass is 32.2. The van der Waals surface area contributed by atoms with Gasteiger partial charge in [-0.1, -0.05) is 29.8 Å². The van der Waals surface area contributed by atoms with Crippen molar-refractivity contribution < 1.29 is 22.0 Å². The third kappa shape index (κ3) is 5.46. The molecular formula is C23H22F2N2O3S. The summed E-state index contributed by atoms with van der Waals surface area (Å²) < 4.78 is 54.0. The number of halogens is 2. The first-order valence-corrected chi connectivity index (χ1v) is 11.0. The number of nitrogens with one attached hydrogen (secondary N) is 1. The van der Waals surface area contributed by atoms with E-state index in [1.54, 1.807) is 31.2 Å². The van der Waals surface area contributed by atoms with E-state index in [1.807, 2.05) is 6.92 Å². The van der Waals surface area contributed by atoms with Gasteiger partial charge in [0.1, 0.15) is 18.2 Å². The Morgan fingerprint density at radius 2 is 1.42 bits per heavy atom. The molecule has 0 fully saturated rings. The number of anilines is 1. The van der Waals surface area contributed by atoms with Crippen molar-refractivity contribution in [2.24, 2.45) is 0 Å². The van der Waals surface area contributed by atoms with E-state index >= 15 is 0 Å². The minimum atomic E-state index is -4.08. The van der Waals surface area contributed by atoms with E-state index in [4.69, 9.17) is 0 Å². The second-order valence-corrected chi connectivity index (χ2v) is 9.00. The third-order valence-corrected chi connectivity index (χ3v) is 6.55. The maximum Gasteiger partial charge on any atom is 0.264 e. The maximum absolute atomic E-state index is 13.4. The number of sulfonamides is 1. The van der Waals surface area contributed by atoms with Crippen molar-refractivity contribution in [3.8, 4) is 0 Å². The summed E-state index contributed by atoms with van der Waals surface area (Å²) in [6.45, 7) is 3.04. The van der Waals surface area contributed by atoms with Crippen LogP contribution in [0.25, 0.3) is 0 Å². The number of hydrogen-bond donors (Lipinski definition) is 1. The van der Waals surface area contributed by atoms with Gasteiger partial charge in [-0.25, -0.2) is 17.2 Å². The first-order valence-electron chi connectivity index (χ1n) is 9.56. The first kappa shape index (κ1) is 22.4. The molecule has 31 heavy (non-hydrogen) atoms. The van der Waals surface area contributed by atoms with Crippen molar-refractivity contribution in [3.05, 3.63) is 95.6 Å². The summed E-state index contributed by atoms with van der Waals surface area (Å²) in [5.74, 6) is -1.48. The summed E-state index contributed by atoms with van der Waals surface area (Å²) in [7, 11) is -4.08. The van der Waals surface area contributed by atoms with Gasteiger partial charge in [0.05, 0.1) is 16.6 Å². The van der Waals surface area contributed by atoms with Gasteiger partial charge in [0, 0.05) is 0 Å². The molecule has 0 saturated carbocycles. The van der Waals surface area contributed by atoms with E-state index in [0.29, 0.717) is 5.56 Å². The predicted molar refractivity (Wildman–Crippen MR) is 115 cm³/mol. The molecule has 3 rings (SSSR count). The summed E-state index contributed by atoms with van der Waals surface area (Å²) in [6, 6.07) is 16.3. The van der Waals surface area contributed by atoms with Crippen LogP contribution >= 0.6 is 0 Å². The van der Waals surface area contributed by atoms with Crippen LogP contribution in [-0.2, 0) is 14.8 Å². The van der Waals surface area contributed by atoms with Crippen molar-refractivity contribution in [1.29, 1.82) is 0 Å². The highest BCUT2D eigenvalue weighted by Gasteiger charge is 2.27. The van der Waals surface area contributed by atoms with Crippen molar-refractivity contribution in [2.75, 3.05) is 10.8 Å². The fraction of sp³-hybridized carbons (Fsp3) is 0.174. The molecule has 8 heteroatoms. The molecule has 5 nitrogen and oxygen atoms in total. The Morgan fingerprint density at radius 1 is 0.903 bits per heavy atom. The lowest BCUT2D eigenvalue weighted by Gasteiger charge is -2.25. The molecular weight excluding hydrogens is 422 g/mol. The van der Waals surface area contributed by atoms with E-state index in [2.05, 4.69) is 5.32 Å². The molecule has 3 aromatic rings. The zero-order valence-electron chi connectivity index (χ0n) is 17.0. The van der Waals surface area contributed by atoms with Gasteiger partial charge < -0.3 is 5.32 Å². The SMILES string of the molecule is Cc1ccc(S(=O)(=O)N(CC(=O)NC(C)c2ccc(F)cc2)c2ccc(F)cc2)cc1. The van der Waals surface area contributed by atoms with Gasteiger partial charge >= 0.3 is 0 Å². The van der Waals surface area contributed by atoms with Crippen molar-refractivity contribution in [1.82, 2.24) is 5.32 Å². The average molecular weight is 445 g/mol. The van der Waals surface area contributed by atoms with Crippen LogP contribution in [0.2, 0.25) is 0 Å². The van der Waals surface area contributed by atoms with Gasteiger partial charge in [-0.15, -0.1) is 0 Å². The average Bonchev–Trinajstić information content (AvgIpc) is 2.73. The minimum absolute atomic E-state index is 0.0156. The van der Waals surface area contributed by atoms with E-state index in [-0.39, 0.29) is 10.6 Å². The lowest BCUT2D eigenvalue weighted by molar-refractivity contribution is -0.120. The Balaban J connectivity index is 1.87. The normalized spacial score (nSPS) is 12.3. The van der Waals surface area contributed by atoms with Gasteiger partial charge in [-0.2, -0.15) is 0 Å². The molecule has 0 bridgehead atoms. The Kier molecular flexibility index (Phi) is 6.70. The Labute approximate surface area is 180 Å². The quantitative estimate of drug-likeness (QED) is 0.589. The van der Waals surface area contributed by atoms with Crippen LogP contribution in [0.3, 0.4) is 0 Å². The zero-order chi connectivity index (χ0) is 22.6. The molecule has 1 atom stereocenters. The second-order valence-electron chi connectivity index (χ2n) is 7.14. The number of nitrogens with zero attached hydrogens (tertiary/aromatic N) is 1. The Bertz CT molecular complexity index is 1150. The molecule has 1 N–H and O–H groups in total. The largest absolute Gasteiger partial charge is 0.348 e. The highest BCUT2D eigenvalue weighted by Crippen LogP contribution is 2.24. The monoisotopic (exact) mass is 444 g/mol. The molecule has 0 saturated heterocycles. The van der Waals surface area contributed by atoms with Crippen molar-refractivity contribution in [2.45, 2.75) is 24.8 Å². The standard InChI is InChI=1S/C23H22F2N2O3S/c1-16-3-13-22(14-4-16)31(29,30)27(21-11-9-20(25)10-12-21)15-23(28)26-17(2)18-5-7-19(24)8-6-18/h3-14,17H,15H2,1-2H3,(H,26,28). The zero-order valence-corrected chi connectivity index (χ0v) is 17.9. The fourth-order valence-corrected chi connectivity index (χ4v) is 4.43. The molecule has 1 amide bonds. The number of benzene rings is 3. The van der Waals surface area contributed by atoms with Gasteiger partial charge in [0.25, 0.3) is 10.0 Å². The molecule has 0 heterocycles. The molecule has 0 radical (unpaired) electrons. The number of aryl methyl sites for hydroxylation is 1. The van der Waals surface area contributed by atoms with Gasteiger partial charge in [0.2, 0.25) is 5.91 Å². The molecule has 1 unspecified atom stereocenters. The number of hydrogen-bond acceptors (Lipinski definition) is 3. The van der Waals surface area contributed by atoms with Gasteiger partial charge in [0.15, 0.2) is 0 Å². The topological polar surface area (TPSA) is 66.5 Å². The number of rotatable bonds is 7. The highest BCUT2D eigenvalue weighted by molar-refractivity contribution is 7.92. The summed E-state index contributed by atoms with van der Waals surface area (Å²) in [5.41, 5.74) is 1.72. The maximum atomic E-state index is 13.4. The summed E-state index contributed by atoms with van der Waals surface area (Å²) >= 11 is 0. The molecule has 162 valence electrons. The lowest BCUT2D eigenvalue weighted by Crippen LogP contribution is -2.41. The van der Waals surface area contributed by atoms with Gasteiger partial charge in [-0.3, -0.25) is 9.10 Å². The fourth-order valence-electron chi connectivity index (χ4n) is 3.01. The summed E-state index contributed by atoms with van der Waals surface area (Å²) in [6.07, 6.45) is 0. The van der Waals surface area contributed by atoms with Crippen LogP contribution in [0.4, 0.5) is 14.5 Å². The van der Waals surface area contributed by atoms with E-state index in [9.17, 15) is 22.0 Å². The summed E-state index contributed by atoms with van der Waals surface area (Å²) in [4.78, 5) is 12.7. The Hall–Kier alpha value is -3.26. The van der Waals surface area contributed by atoms with Crippen molar-refractivity contribution >= 4 is 21.6 Å². The molecule has 0 aromatic heterocycles. The Morgan fingerprint density at radius 3 is 1.97 bits per heavy atom. The van der Waals surface area contributed by atoms with E-state index < -0.39 is 40.2 Å². The van der Waals surface area contributed by atoms with E-state index in [1.165, 1.54) is 36.4 Å². The first-order chi connectivity index (χ1) is 14.7. The van der Waals surface area contributed by atoms with Crippen LogP contribution in [0.15, 0.2) is 77.7 Å². The minimum Gasteiger partial charge on any atom is -0.348 e. The van der Waals surface area contributed by atoms with Crippen LogP contribution in [-0.4, -0.2) is 20.9 Å². The smallest absolute Gasteiger partial charge is 0.264 e. The lowest BCUT2D eigenvalue weighted by atomic mass is 10.1. The third-order valence-electron chi connectivity index (χ3n) is 4.76.